The molecule has 0 spiro atoms. The van der Waals surface area contributed by atoms with E-state index in [2.05, 4.69) is 11.9 Å². The van der Waals surface area contributed by atoms with Crippen molar-refractivity contribution in [1.29, 1.82) is 0 Å². The molecule has 2 aromatic rings. The molecule has 1 fully saturated rings. The zero-order valence-corrected chi connectivity index (χ0v) is 12.6. The SMILES string of the molecule is CC(C1CC1)N(Cc1ccccc1)C(=O)c1ccnc(F)c1. The third kappa shape index (κ3) is 3.32. The van der Waals surface area contributed by atoms with Crippen LogP contribution in [0.25, 0.3) is 0 Å². The summed E-state index contributed by atoms with van der Waals surface area (Å²) >= 11 is 0. The molecule has 0 N–H and O–H groups in total. The van der Waals surface area contributed by atoms with Crippen molar-refractivity contribution in [2.45, 2.75) is 32.4 Å². The van der Waals surface area contributed by atoms with E-state index in [-0.39, 0.29) is 11.9 Å². The minimum Gasteiger partial charge on any atom is -0.331 e. The minimum absolute atomic E-state index is 0.135. The highest BCUT2D eigenvalue weighted by atomic mass is 19.1. The second-order valence-electron chi connectivity index (χ2n) is 5.86. The summed E-state index contributed by atoms with van der Waals surface area (Å²) in [5, 5.41) is 0. The number of carbonyl (C=O) groups excluding carboxylic acids is 1. The first-order valence-electron chi connectivity index (χ1n) is 7.61. The van der Waals surface area contributed by atoms with Crippen LogP contribution in [0.3, 0.4) is 0 Å². The molecule has 3 nitrogen and oxygen atoms in total. The third-order valence-electron chi connectivity index (χ3n) is 4.23. The van der Waals surface area contributed by atoms with Crippen LogP contribution in [0.1, 0.15) is 35.7 Å². The second kappa shape index (κ2) is 6.26. The molecule has 1 unspecified atom stereocenters. The van der Waals surface area contributed by atoms with Gasteiger partial charge in [-0.2, -0.15) is 4.39 Å². The van der Waals surface area contributed by atoms with Crippen LogP contribution in [0.4, 0.5) is 4.39 Å². The zero-order valence-electron chi connectivity index (χ0n) is 12.6. The molecule has 0 bridgehead atoms. The lowest BCUT2D eigenvalue weighted by atomic mass is 10.1. The predicted octanol–water partition coefficient (Wildman–Crippen LogP) is 3.66. The Kier molecular flexibility index (Phi) is 4.18. The van der Waals surface area contributed by atoms with Gasteiger partial charge < -0.3 is 4.90 Å². The maximum Gasteiger partial charge on any atom is 0.254 e. The van der Waals surface area contributed by atoms with Crippen LogP contribution in [-0.2, 0) is 6.54 Å². The van der Waals surface area contributed by atoms with E-state index in [0.717, 1.165) is 18.4 Å². The van der Waals surface area contributed by atoms with Crippen molar-refractivity contribution < 1.29 is 9.18 Å². The van der Waals surface area contributed by atoms with Gasteiger partial charge in [-0.3, -0.25) is 4.79 Å². The Morgan fingerprint density at radius 2 is 2.05 bits per heavy atom. The summed E-state index contributed by atoms with van der Waals surface area (Å²) in [6.07, 6.45) is 3.65. The number of benzene rings is 1. The molecule has 1 aromatic heterocycles. The second-order valence-corrected chi connectivity index (χ2v) is 5.86. The predicted molar refractivity (Wildman–Crippen MR) is 82.7 cm³/mol. The summed E-state index contributed by atoms with van der Waals surface area (Å²) in [4.78, 5) is 18.2. The van der Waals surface area contributed by atoms with Crippen LogP contribution < -0.4 is 0 Å². The van der Waals surface area contributed by atoms with Gasteiger partial charge in [0.25, 0.3) is 5.91 Å². The lowest BCUT2D eigenvalue weighted by molar-refractivity contribution is 0.0653. The van der Waals surface area contributed by atoms with E-state index in [9.17, 15) is 9.18 Å². The highest BCUT2D eigenvalue weighted by Crippen LogP contribution is 2.36. The summed E-state index contributed by atoms with van der Waals surface area (Å²) in [5.41, 5.74) is 1.44. The van der Waals surface area contributed by atoms with E-state index >= 15 is 0 Å². The van der Waals surface area contributed by atoms with Gasteiger partial charge in [0.15, 0.2) is 0 Å². The highest BCUT2D eigenvalue weighted by Gasteiger charge is 2.34. The maximum absolute atomic E-state index is 13.3. The fraction of sp³-hybridized carbons (Fsp3) is 0.333. The lowest BCUT2D eigenvalue weighted by Crippen LogP contribution is -2.39. The molecule has 1 heterocycles. The van der Waals surface area contributed by atoms with Crippen molar-refractivity contribution in [2.75, 3.05) is 0 Å². The number of carbonyl (C=O) groups is 1. The fourth-order valence-corrected chi connectivity index (χ4v) is 2.72. The Labute approximate surface area is 129 Å². The first kappa shape index (κ1) is 14.7. The topological polar surface area (TPSA) is 33.2 Å². The summed E-state index contributed by atoms with van der Waals surface area (Å²) < 4.78 is 13.3. The maximum atomic E-state index is 13.3. The molecule has 1 amide bonds. The molecule has 1 aliphatic carbocycles. The third-order valence-corrected chi connectivity index (χ3v) is 4.23. The molecular formula is C18H19FN2O. The minimum atomic E-state index is -0.621. The Bertz CT molecular complexity index is 655. The Morgan fingerprint density at radius 3 is 2.68 bits per heavy atom. The molecule has 1 aliphatic rings. The van der Waals surface area contributed by atoms with Crippen LogP contribution in [0.15, 0.2) is 48.7 Å². The van der Waals surface area contributed by atoms with Crippen molar-refractivity contribution in [3.63, 3.8) is 0 Å². The van der Waals surface area contributed by atoms with E-state index < -0.39 is 5.95 Å². The van der Waals surface area contributed by atoms with Gasteiger partial charge in [-0.15, -0.1) is 0 Å². The van der Waals surface area contributed by atoms with Gasteiger partial charge in [0.2, 0.25) is 5.95 Å². The molecule has 0 radical (unpaired) electrons. The Morgan fingerprint density at radius 1 is 1.32 bits per heavy atom. The molecule has 114 valence electrons. The van der Waals surface area contributed by atoms with Gasteiger partial charge in [-0.05, 0) is 37.3 Å². The Balaban J connectivity index is 1.85. The van der Waals surface area contributed by atoms with Crippen molar-refractivity contribution in [3.8, 4) is 0 Å². The lowest BCUT2D eigenvalue weighted by Gasteiger charge is -2.29. The first-order valence-corrected chi connectivity index (χ1v) is 7.61. The van der Waals surface area contributed by atoms with Crippen molar-refractivity contribution >= 4 is 5.91 Å². The van der Waals surface area contributed by atoms with Gasteiger partial charge >= 0.3 is 0 Å². The van der Waals surface area contributed by atoms with Gasteiger partial charge in [0.1, 0.15) is 0 Å². The summed E-state index contributed by atoms with van der Waals surface area (Å²) in [7, 11) is 0. The van der Waals surface area contributed by atoms with E-state index in [1.807, 2.05) is 35.2 Å². The van der Waals surface area contributed by atoms with E-state index in [0.29, 0.717) is 18.0 Å². The van der Waals surface area contributed by atoms with Crippen molar-refractivity contribution in [1.82, 2.24) is 9.88 Å². The van der Waals surface area contributed by atoms with Gasteiger partial charge in [0.05, 0.1) is 0 Å². The highest BCUT2D eigenvalue weighted by molar-refractivity contribution is 5.94. The number of rotatable bonds is 5. The van der Waals surface area contributed by atoms with Crippen LogP contribution in [-0.4, -0.2) is 21.8 Å². The first-order chi connectivity index (χ1) is 10.6. The zero-order chi connectivity index (χ0) is 15.5. The van der Waals surface area contributed by atoms with E-state index in [1.165, 1.54) is 12.3 Å². The number of halogens is 1. The quantitative estimate of drug-likeness (QED) is 0.789. The summed E-state index contributed by atoms with van der Waals surface area (Å²) in [6.45, 7) is 2.62. The van der Waals surface area contributed by atoms with Crippen LogP contribution in [0.5, 0.6) is 0 Å². The molecule has 0 saturated heterocycles. The largest absolute Gasteiger partial charge is 0.331 e. The fourth-order valence-electron chi connectivity index (χ4n) is 2.72. The number of hydrogen-bond donors (Lipinski definition) is 0. The van der Waals surface area contributed by atoms with Crippen LogP contribution in [0.2, 0.25) is 0 Å². The summed E-state index contributed by atoms with van der Waals surface area (Å²) in [5.74, 6) is -0.200. The molecule has 3 rings (SSSR count). The standard InChI is InChI=1S/C18H19FN2O/c1-13(15-7-8-15)21(12-14-5-3-2-4-6-14)18(22)16-9-10-20-17(19)11-16/h2-6,9-11,13,15H,7-8,12H2,1H3. The molecule has 0 aliphatic heterocycles. The van der Waals surface area contributed by atoms with Crippen molar-refractivity contribution in [2.24, 2.45) is 5.92 Å². The number of nitrogens with zero attached hydrogens (tertiary/aromatic N) is 2. The molecule has 1 saturated carbocycles. The van der Waals surface area contributed by atoms with E-state index in [4.69, 9.17) is 0 Å². The van der Waals surface area contributed by atoms with Gasteiger partial charge in [0, 0.05) is 30.4 Å². The smallest absolute Gasteiger partial charge is 0.254 e. The monoisotopic (exact) mass is 298 g/mol. The number of aromatic nitrogens is 1. The van der Waals surface area contributed by atoms with Crippen LogP contribution >= 0.6 is 0 Å². The normalized spacial score (nSPS) is 15.4. The van der Waals surface area contributed by atoms with Gasteiger partial charge in [-0.1, -0.05) is 30.3 Å². The van der Waals surface area contributed by atoms with Crippen LogP contribution in [0, 0.1) is 11.9 Å². The average molecular weight is 298 g/mol. The molecule has 22 heavy (non-hydrogen) atoms. The molecule has 1 atom stereocenters. The molecular weight excluding hydrogens is 279 g/mol. The average Bonchev–Trinajstić information content (AvgIpc) is 3.37. The Hall–Kier alpha value is -2.23. The number of amides is 1. The summed E-state index contributed by atoms with van der Waals surface area (Å²) in [6, 6.07) is 12.8. The number of hydrogen-bond acceptors (Lipinski definition) is 2. The molecule has 4 heteroatoms. The van der Waals surface area contributed by atoms with Gasteiger partial charge in [-0.25, -0.2) is 4.98 Å². The van der Waals surface area contributed by atoms with Crippen molar-refractivity contribution in [3.05, 3.63) is 65.7 Å². The molecule has 1 aromatic carbocycles. The number of pyridine rings is 1. The van der Waals surface area contributed by atoms with E-state index in [1.54, 1.807) is 6.07 Å².